The number of halogens is 1. The first-order chi connectivity index (χ1) is 12.3. The molecule has 3 rings (SSSR count). The molecule has 3 aromatic rings. The maximum absolute atomic E-state index is 12.6. The number of ether oxygens (including phenoxy) is 1. The number of hydrogen-bond donors (Lipinski definition) is 1. The topological polar surface area (TPSA) is 69.0 Å². The number of aromatic nitrogens is 3. The molecule has 0 atom stereocenters. The van der Waals surface area contributed by atoms with Gasteiger partial charge in [0.15, 0.2) is 5.60 Å². The summed E-state index contributed by atoms with van der Waals surface area (Å²) in [5.74, 6) is 0.507. The molecule has 0 fully saturated rings. The quantitative estimate of drug-likeness (QED) is 0.680. The van der Waals surface area contributed by atoms with E-state index in [1.54, 1.807) is 37.0 Å². The molecule has 0 aliphatic rings. The van der Waals surface area contributed by atoms with E-state index in [0.717, 1.165) is 11.3 Å². The maximum Gasteiger partial charge on any atom is 0.269 e. The predicted octanol–water partition coefficient (Wildman–Crippen LogP) is 4.13. The third kappa shape index (κ3) is 4.11. The van der Waals surface area contributed by atoms with Gasteiger partial charge in [-0.3, -0.25) is 4.79 Å². The van der Waals surface area contributed by atoms with Crippen molar-refractivity contribution in [1.82, 2.24) is 14.8 Å². The summed E-state index contributed by atoms with van der Waals surface area (Å²) < 4.78 is 8.23. The van der Waals surface area contributed by atoms with E-state index in [4.69, 9.17) is 4.74 Å². The van der Waals surface area contributed by atoms with Crippen LogP contribution in [0.15, 0.2) is 59.3 Å². The number of pyridine rings is 1. The molecule has 0 aliphatic heterocycles. The lowest BCUT2D eigenvalue weighted by Gasteiger charge is -2.23. The first-order valence-electron chi connectivity index (χ1n) is 8.09. The summed E-state index contributed by atoms with van der Waals surface area (Å²) in [6.45, 7) is 5.31. The van der Waals surface area contributed by atoms with E-state index >= 15 is 0 Å². The van der Waals surface area contributed by atoms with Gasteiger partial charge in [-0.25, -0.2) is 9.67 Å². The third-order valence-corrected chi connectivity index (χ3v) is 4.25. The van der Waals surface area contributed by atoms with E-state index in [1.165, 1.54) is 0 Å². The van der Waals surface area contributed by atoms with Gasteiger partial charge in [0.05, 0.1) is 10.2 Å². The molecule has 2 heterocycles. The summed E-state index contributed by atoms with van der Waals surface area (Å²) >= 11 is 3.44. The highest BCUT2D eigenvalue weighted by Crippen LogP contribution is 2.28. The van der Waals surface area contributed by atoms with Crippen LogP contribution in [0, 0.1) is 6.92 Å². The number of anilines is 1. The van der Waals surface area contributed by atoms with Crippen LogP contribution in [0.25, 0.3) is 5.69 Å². The van der Waals surface area contributed by atoms with E-state index in [-0.39, 0.29) is 5.91 Å². The molecule has 1 N–H and O–H groups in total. The standard InChI is InChI=1S/C19H19BrN4O2/c1-13-9-10-16(21-11-13)22-18(25)19(2,3)26-17-15(20)12-24(23-17)14-7-5-4-6-8-14/h4-12H,1-3H3,(H,21,22,25). The summed E-state index contributed by atoms with van der Waals surface area (Å²) in [4.78, 5) is 16.8. The largest absolute Gasteiger partial charge is 0.460 e. The molecule has 1 aromatic carbocycles. The fourth-order valence-corrected chi connectivity index (χ4v) is 2.57. The molecule has 6 nitrogen and oxygen atoms in total. The molecular formula is C19H19BrN4O2. The molecule has 7 heteroatoms. The second-order valence-corrected chi connectivity index (χ2v) is 7.20. The van der Waals surface area contributed by atoms with Gasteiger partial charge in [0.25, 0.3) is 5.91 Å². The number of nitrogens with one attached hydrogen (secondary N) is 1. The van der Waals surface area contributed by atoms with Gasteiger partial charge in [0, 0.05) is 12.4 Å². The second kappa shape index (κ2) is 7.29. The number of hydrogen-bond acceptors (Lipinski definition) is 4. The molecule has 0 unspecified atom stereocenters. The smallest absolute Gasteiger partial charge is 0.269 e. The van der Waals surface area contributed by atoms with Crippen LogP contribution in [0.4, 0.5) is 5.82 Å². The SMILES string of the molecule is Cc1ccc(NC(=O)C(C)(C)Oc2nn(-c3ccccc3)cc2Br)nc1. The van der Waals surface area contributed by atoms with Gasteiger partial charge in [0.1, 0.15) is 5.82 Å². The summed E-state index contributed by atoms with van der Waals surface area (Å²) in [5, 5.41) is 7.18. The van der Waals surface area contributed by atoms with Crippen molar-refractivity contribution in [2.75, 3.05) is 5.32 Å². The summed E-state index contributed by atoms with van der Waals surface area (Å²) in [6.07, 6.45) is 3.49. The summed E-state index contributed by atoms with van der Waals surface area (Å²) in [7, 11) is 0. The minimum atomic E-state index is -1.13. The Kier molecular flexibility index (Phi) is 5.08. The summed E-state index contributed by atoms with van der Waals surface area (Å²) in [5.41, 5.74) is 0.786. The molecule has 26 heavy (non-hydrogen) atoms. The highest BCUT2D eigenvalue weighted by molar-refractivity contribution is 9.10. The number of nitrogens with zero attached hydrogens (tertiary/aromatic N) is 3. The minimum Gasteiger partial charge on any atom is -0.460 e. The van der Waals surface area contributed by atoms with Gasteiger partial charge >= 0.3 is 0 Å². The number of carbonyl (C=O) groups excluding carboxylic acids is 1. The van der Waals surface area contributed by atoms with E-state index in [1.807, 2.05) is 43.3 Å². The Labute approximate surface area is 160 Å². The Hall–Kier alpha value is -2.67. The molecule has 0 aliphatic carbocycles. The Bertz CT molecular complexity index is 905. The van der Waals surface area contributed by atoms with Crippen LogP contribution >= 0.6 is 15.9 Å². The average Bonchev–Trinajstić information content (AvgIpc) is 2.98. The number of amides is 1. The fourth-order valence-electron chi connectivity index (χ4n) is 2.22. The van der Waals surface area contributed by atoms with Gasteiger partial charge < -0.3 is 10.1 Å². The van der Waals surface area contributed by atoms with Gasteiger partial charge in [-0.05, 0) is 60.5 Å². The Morgan fingerprint density at radius 1 is 1.19 bits per heavy atom. The Morgan fingerprint density at radius 3 is 2.58 bits per heavy atom. The van der Waals surface area contributed by atoms with Crippen molar-refractivity contribution in [2.24, 2.45) is 0 Å². The first-order valence-corrected chi connectivity index (χ1v) is 8.88. The lowest BCUT2D eigenvalue weighted by Crippen LogP contribution is -2.42. The number of para-hydroxylation sites is 1. The van der Waals surface area contributed by atoms with Crippen molar-refractivity contribution in [3.63, 3.8) is 0 Å². The van der Waals surface area contributed by atoms with Crippen molar-refractivity contribution in [1.29, 1.82) is 0 Å². The summed E-state index contributed by atoms with van der Waals surface area (Å²) in [6, 6.07) is 13.3. The van der Waals surface area contributed by atoms with Crippen molar-refractivity contribution in [2.45, 2.75) is 26.4 Å². The van der Waals surface area contributed by atoms with Crippen LogP contribution in [0.5, 0.6) is 5.88 Å². The van der Waals surface area contributed by atoms with Crippen molar-refractivity contribution >= 4 is 27.7 Å². The lowest BCUT2D eigenvalue weighted by molar-refractivity contribution is -0.128. The molecule has 1 amide bonds. The highest BCUT2D eigenvalue weighted by Gasteiger charge is 2.32. The van der Waals surface area contributed by atoms with E-state index in [0.29, 0.717) is 16.2 Å². The van der Waals surface area contributed by atoms with Crippen molar-refractivity contribution in [3.05, 3.63) is 64.9 Å². The van der Waals surface area contributed by atoms with Gasteiger partial charge in [-0.15, -0.1) is 5.10 Å². The van der Waals surface area contributed by atoms with Crippen LogP contribution in [0.2, 0.25) is 0 Å². The fraction of sp³-hybridized carbons (Fsp3) is 0.211. The zero-order chi connectivity index (χ0) is 18.7. The van der Waals surface area contributed by atoms with Crippen molar-refractivity contribution in [3.8, 4) is 11.6 Å². The molecule has 0 radical (unpaired) electrons. The van der Waals surface area contributed by atoms with Gasteiger partial charge in [-0.1, -0.05) is 24.3 Å². The molecule has 0 saturated heterocycles. The lowest BCUT2D eigenvalue weighted by atomic mass is 10.1. The monoisotopic (exact) mass is 414 g/mol. The average molecular weight is 415 g/mol. The molecule has 2 aromatic heterocycles. The van der Waals surface area contributed by atoms with Crippen LogP contribution in [0.1, 0.15) is 19.4 Å². The molecule has 134 valence electrons. The van der Waals surface area contributed by atoms with E-state index < -0.39 is 5.60 Å². The van der Waals surface area contributed by atoms with Gasteiger partial charge in [0.2, 0.25) is 5.88 Å². The molecule has 0 saturated carbocycles. The first kappa shape index (κ1) is 18.1. The predicted molar refractivity (Wildman–Crippen MR) is 104 cm³/mol. The van der Waals surface area contributed by atoms with E-state index in [9.17, 15) is 4.79 Å². The van der Waals surface area contributed by atoms with Crippen LogP contribution in [-0.2, 0) is 4.79 Å². The number of carbonyl (C=O) groups is 1. The Balaban J connectivity index is 1.75. The molecule has 0 spiro atoms. The second-order valence-electron chi connectivity index (χ2n) is 6.35. The van der Waals surface area contributed by atoms with Crippen LogP contribution < -0.4 is 10.1 Å². The highest BCUT2D eigenvalue weighted by atomic mass is 79.9. The van der Waals surface area contributed by atoms with Crippen LogP contribution in [-0.4, -0.2) is 26.3 Å². The van der Waals surface area contributed by atoms with E-state index in [2.05, 4.69) is 31.3 Å². The normalized spacial score (nSPS) is 11.2. The molecular weight excluding hydrogens is 396 g/mol. The Morgan fingerprint density at radius 2 is 1.92 bits per heavy atom. The number of rotatable bonds is 5. The number of benzene rings is 1. The third-order valence-electron chi connectivity index (χ3n) is 3.71. The zero-order valence-corrected chi connectivity index (χ0v) is 16.3. The van der Waals surface area contributed by atoms with Gasteiger partial charge in [-0.2, -0.15) is 0 Å². The molecule has 0 bridgehead atoms. The minimum absolute atomic E-state index is 0.310. The number of aryl methyl sites for hydroxylation is 1. The zero-order valence-electron chi connectivity index (χ0n) is 14.7. The maximum atomic E-state index is 12.6. The van der Waals surface area contributed by atoms with Crippen molar-refractivity contribution < 1.29 is 9.53 Å². The van der Waals surface area contributed by atoms with Crippen LogP contribution in [0.3, 0.4) is 0 Å².